The Labute approximate surface area is 201 Å². The third-order valence-corrected chi connectivity index (χ3v) is 6.12. The molecule has 1 atom stereocenters. The zero-order valence-corrected chi connectivity index (χ0v) is 20.3. The third-order valence-electron chi connectivity index (χ3n) is 6.12. The number of carbonyl (C=O) groups is 1. The number of H-pyrrole nitrogens is 1. The van der Waals surface area contributed by atoms with Crippen LogP contribution in [-0.4, -0.2) is 60.2 Å². The summed E-state index contributed by atoms with van der Waals surface area (Å²) in [6.07, 6.45) is 2.62. The van der Waals surface area contributed by atoms with E-state index in [2.05, 4.69) is 21.2 Å². The van der Waals surface area contributed by atoms with Crippen LogP contribution in [0, 0.1) is 0 Å². The van der Waals surface area contributed by atoms with Crippen LogP contribution in [0.25, 0.3) is 22.0 Å². The predicted molar refractivity (Wildman–Crippen MR) is 137 cm³/mol. The van der Waals surface area contributed by atoms with Gasteiger partial charge in [-0.2, -0.15) is 5.10 Å². The SMILES string of the molecule is CCOc1cc(C(=O)N(C)[C@H](CCN(C)C)c2cccc3cn[nH]c23)ccc1-c1ccccc1. The largest absolute Gasteiger partial charge is 0.493 e. The molecule has 0 spiro atoms. The molecule has 0 aliphatic carbocycles. The van der Waals surface area contributed by atoms with Gasteiger partial charge in [0.1, 0.15) is 5.75 Å². The van der Waals surface area contributed by atoms with Gasteiger partial charge in [-0.15, -0.1) is 0 Å². The molecule has 0 radical (unpaired) electrons. The van der Waals surface area contributed by atoms with Crippen molar-refractivity contribution in [2.45, 2.75) is 19.4 Å². The number of hydrogen-bond donors (Lipinski definition) is 1. The van der Waals surface area contributed by atoms with Crippen LogP contribution in [0.3, 0.4) is 0 Å². The molecule has 4 aromatic rings. The quantitative estimate of drug-likeness (QED) is 0.367. The molecule has 1 amide bonds. The molecule has 0 aliphatic rings. The molecule has 1 aromatic heterocycles. The highest BCUT2D eigenvalue weighted by Gasteiger charge is 2.26. The van der Waals surface area contributed by atoms with Gasteiger partial charge < -0.3 is 14.5 Å². The maximum atomic E-state index is 13.7. The van der Waals surface area contributed by atoms with Crippen LogP contribution in [0.1, 0.15) is 35.3 Å². The molecule has 6 nitrogen and oxygen atoms in total. The van der Waals surface area contributed by atoms with E-state index >= 15 is 0 Å². The van der Waals surface area contributed by atoms with Crippen LogP contribution < -0.4 is 4.74 Å². The molecule has 0 saturated heterocycles. The first-order valence-corrected chi connectivity index (χ1v) is 11.7. The molecule has 0 unspecified atom stereocenters. The number of aromatic amines is 1. The minimum atomic E-state index is -0.108. The van der Waals surface area contributed by atoms with Crippen molar-refractivity contribution in [3.05, 3.63) is 84.1 Å². The van der Waals surface area contributed by atoms with Gasteiger partial charge in [0.25, 0.3) is 5.91 Å². The second kappa shape index (κ2) is 10.5. The molecule has 1 heterocycles. The Balaban J connectivity index is 1.69. The van der Waals surface area contributed by atoms with E-state index in [4.69, 9.17) is 4.74 Å². The van der Waals surface area contributed by atoms with Crippen molar-refractivity contribution in [2.75, 3.05) is 34.3 Å². The Kier molecular flexibility index (Phi) is 7.28. The van der Waals surface area contributed by atoms with Crippen molar-refractivity contribution in [3.63, 3.8) is 0 Å². The molecule has 176 valence electrons. The summed E-state index contributed by atoms with van der Waals surface area (Å²) in [5, 5.41) is 8.38. The topological polar surface area (TPSA) is 61.5 Å². The third kappa shape index (κ3) is 4.97. The Morgan fingerprint density at radius 2 is 1.82 bits per heavy atom. The van der Waals surface area contributed by atoms with Gasteiger partial charge in [-0.1, -0.05) is 48.5 Å². The molecular weight excluding hydrogens is 424 g/mol. The van der Waals surface area contributed by atoms with Crippen molar-refractivity contribution in [3.8, 4) is 16.9 Å². The molecule has 6 heteroatoms. The summed E-state index contributed by atoms with van der Waals surface area (Å²) in [7, 11) is 5.97. The van der Waals surface area contributed by atoms with Crippen molar-refractivity contribution in [1.82, 2.24) is 20.0 Å². The van der Waals surface area contributed by atoms with E-state index in [9.17, 15) is 4.79 Å². The highest BCUT2D eigenvalue weighted by Crippen LogP contribution is 2.34. The average Bonchev–Trinajstić information content (AvgIpc) is 3.34. The first kappa shape index (κ1) is 23.5. The first-order valence-electron chi connectivity index (χ1n) is 11.7. The maximum Gasteiger partial charge on any atom is 0.254 e. The zero-order valence-electron chi connectivity index (χ0n) is 20.3. The Morgan fingerprint density at radius 1 is 1.03 bits per heavy atom. The number of nitrogens with zero attached hydrogens (tertiary/aromatic N) is 3. The number of nitrogens with one attached hydrogen (secondary N) is 1. The summed E-state index contributed by atoms with van der Waals surface area (Å²) in [4.78, 5) is 17.7. The number of amides is 1. The second-order valence-electron chi connectivity index (χ2n) is 8.72. The fraction of sp³-hybridized carbons (Fsp3) is 0.286. The van der Waals surface area contributed by atoms with Crippen LogP contribution >= 0.6 is 0 Å². The van der Waals surface area contributed by atoms with Crippen LogP contribution in [0.2, 0.25) is 0 Å². The van der Waals surface area contributed by atoms with Crippen LogP contribution in [0.5, 0.6) is 5.75 Å². The van der Waals surface area contributed by atoms with Crippen molar-refractivity contribution < 1.29 is 9.53 Å². The van der Waals surface area contributed by atoms with Gasteiger partial charge in [-0.3, -0.25) is 9.89 Å². The number of carbonyl (C=O) groups excluding carboxylic acids is 1. The molecule has 4 rings (SSSR count). The first-order chi connectivity index (χ1) is 16.5. The van der Waals surface area contributed by atoms with E-state index in [1.54, 1.807) is 0 Å². The highest BCUT2D eigenvalue weighted by molar-refractivity contribution is 5.96. The molecule has 0 aliphatic heterocycles. The number of rotatable bonds is 9. The van der Waals surface area contributed by atoms with Gasteiger partial charge in [0.2, 0.25) is 0 Å². The summed E-state index contributed by atoms with van der Waals surface area (Å²) in [6, 6.07) is 21.9. The number of ether oxygens (including phenoxy) is 1. The summed E-state index contributed by atoms with van der Waals surface area (Å²) < 4.78 is 5.94. The molecule has 0 bridgehead atoms. The zero-order chi connectivity index (χ0) is 24.1. The molecular formula is C28H32N4O2. The molecule has 3 aromatic carbocycles. The maximum absolute atomic E-state index is 13.7. The van der Waals surface area contributed by atoms with Gasteiger partial charge in [0.05, 0.1) is 24.4 Å². The van der Waals surface area contributed by atoms with Gasteiger partial charge in [0, 0.05) is 29.1 Å². The Morgan fingerprint density at radius 3 is 2.56 bits per heavy atom. The summed E-state index contributed by atoms with van der Waals surface area (Å²) >= 11 is 0. The number of para-hydroxylation sites is 1. The summed E-state index contributed by atoms with van der Waals surface area (Å²) in [5.41, 5.74) is 4.69. The van der Waals surface area contributed by atoms with Crippen LogP contribution in [0.4, 0.5) is 0 Å². The highest BCUT2D eigenvalue weighted by atomic mass is 16.5. The number of aromatic nitrogens is 2. The Bertz CT molecular complexity index is 1250. The normalized spacial score (nSPS) is 12.1. The van der Waals surface area contributed by atoms with Crippen LogP contribution in [0.15, 0.2) is 72.9 Å². The Hall–Kier alpha value is -3.64. The fourth-order valence-corrected chi connectivity index (χ4v) is 4.34. The minimum Gasteiger partial charge on any atom is -0.493 e. The van der Waals surface area contributed by atoms with Gasteiger partial charge in [0.15, 0.2) is 0 Å². The van der Waals surface area contributed by atoms with Crippen molar-refractivity contribution >= 4 is 16.8 Å². The molecule has 34 heavy (non-hydrogen) atoms. The molecule has 0 saturated carbocycles. The van der Waals surface area contributed by atoms with E-state index in [0.717, 1.165) is 40.6 Å². The van der Waals surface area contributed by atoms with Crippen molar-refractivity contribution in [1.29, 1.82) is 0 Å². The second-order valence-corrected chi connectivity index (χ2v) is 8.72. The van der Waals surface area contributed by atoms with Gasteiger partial charge >= 0.3 is 0 Å². The molecule has 0 fully saturated rings. The lowest BCUT2D eigenvalue weighted by Crippen LogP contribution is -2.33. The lowest BCUT2D eigenvalue weighted by molar-refractivity contribution is 0.0716. The van der Waals surface area contributed by atoms with Crippen LogP contribution in [-0.2, 0) is 0 Å². The number of hydrogen-bond acceptors (Lipinski definition) is 4. The van der Waals surface area contributed by atoms with E-state index in [-0.39, 0.29) is 11.9 Å². The van der Waals surface area contributed by atoms with Gasteiger partial charge in [-0.05, 0) is 57.7 Å². The van der Waals surface area contributed by atoms with Crippen molar-refractivity contribution in [2.24, 2.45) is 0 Å². The average molecular weight is 457 g/mol. The number of benzene rings is 3. The monoisotopic (exact) mass is 456 g/mol. The lowest BCUT2D eigenvalue weighted by atomic mass is 9.98. The fourth-order valence-electron chi connectivity index (χ4n) is 4.34. The smallest absolute Gasteiger partial charge is 0.254 e. The van der Waals surface area contributed by atoms with E-state index in [1.807, 2.05) is 99.8 Å². The summed E-state index contributed by atoms with van der Waals surface area (Å²) in [6.45, 7) is 3.34. The summed E-state index contributed by atoms with van der Waals surface area (Å²) in [5.74, 6) is 0.675. The van der Waals surface area contributed by atoms with Gasteiger partial charge in [-0.25, -0.2) is 0 Å². The van der Waals surface area contributed by atoms with E-state index in [1.165, 1.54) is 0 Å². The number of fused-ring (bicyclic) bond motifs is 1. The standard InChI is InChI=1S/C28H32N4O2/c1-5-34-26-18-21(14-15-23(26)20-10-7-6-8-11-20)28(33)32(4)25(16-17-31(2)3)24-13-9-12-22-19-29-30-27(22)24/h6-15,18-19,25H,5,16-17H2,1-4H3,(H,29,30)/t25-/m1/s1. The predicted octanol–water partition coefficient (Wildman–Crippen LogP) is 5.39. The van der Waals surface area contributed by atoms with E-state index in [0.29, 0.717) is 17.9 Å². The molecule has 1 N–H and O–H groups in total. The lowest BCUT2D eigenvalue weighted by Gasteiger charge is -2.30. The van der Waals surface area contributed by atoms with E-state index < -0.39 is 0 Å². The minimum absolute atomic E-state index is 0.0409.